The van der Waals surface area contributed by atoms with Gasteiger partial charge in [-0.15, -0.1) is 0 Å². The Balaban J connectivity index is 0.000000482. The lowest BCUT2D eigenvalue weighted by Gasteiger charge is -2.53. The van der Waals surface area contributed by atoms with Crippen molar-refractivity contribution >= 4 is 29.2 Å². The molecule has 0 radical (unpaired) electrons. The van der Waals surface area contributed by atoms with Gasteiger partial charge >= 0.3 is 5.97 Å². The number of allylic oxidation sites excluding steroid dienone is 3. The monoisotopic (exact) mass is 556 g/mol. The second kappa shape index (κ2) is 10.7. The van der Waals surface area contributed by atoms with Crippen molar-refractivity contribution in [2.45, 2.75) is 37.5 Å². The molecule has 0 bridgehead atoms. The van der Waals surface area contributed by atoms with Crippen molar-refractivity contribution in [3.8, 4) is 5.75 Å². The second-order valence-electron chi connectivity index (χ2n) is 10.2. The lowest BCUT2D eigenvalue weighted by molar-refractivity contribution is -0.159. The van der Waals surface area contributed by atoms with E-state index in [1.54, 1.807) is 12.2 Å². The summed E-state index contributed by atoms with van der Waals surface area (Å²) in [6.07, 6.45) is 5.78. The van der Waals surface area contributed by atoms with E-state index in [2.05, 4.69) is 0 Å². The number of carbonyl (C=O) groups excluding carboxylic acids is 3. The molecule has 12 heteroatoms. The average molecular weight is 557 g/mol. The lowest BCUT2D eigenvalue weighted by atomic mass is 9.54. The molecule has 12 nitrogen and oxygen atoms in total. The number of primary amides is 1. The van der Waals surface area contributed by atoms with Gasteiger partial charge in [0, 0.05) is 23.5 Å². The lowest BCUT2D eigenvalue weighted by Crippen LogP contribution is -2.67. The number of ketones is 2. The van der Waals surface area contributed by atoms with Gasteiger partial charge in [-0.2, -0.15) is 0 Å². The number of aliphatic hydroxyl groups is 4. The van der Waals surface area contributed by atoms with Crippen molar-refractivity contribution in [3.05, 3.63) is 70.5 Å². The molecule has 3 aliphatic rings. The highest BCUT2D eigenvalue weighted by Crippen LogP contribution is 2.57. The minimum Gasteiger partial charge on any atom is -0.508 e. The summed E-state index contributed by atoms with van der Waals surface area (Å²) in [5, 5.41) is 62.9. The van der Waals surface area contributed by atoms with E-state index in [0.717, 1.165) is 6.08 Å². The first-order valence-electron chi connectivity index (χ1n) is 12.3. The Hall–Kier alpha value is -4.26. The third-order valence-corrected chi connectivity index (χ3v) is 7.56. The number of Topliss-reactive ketones (excluding diaryl/α,β-unsaturated/α-hetero) is 2. The summed E-state index contributed by atoms with van der Waals surface area (Å²) in [7, 11) is 3.01. The van der Waals surface area contributed by atoms with Crippen molar-refractivity contribution < 1.29 is 49.8 Å². The quantitative estimate of drug-likeness (QED) is 0.156. The second-order valence-corrected chi connectivity index (χ2v) is 10.2. The van der Waals surface area contributed by atoms with Crippen LogP contribution in [0.5, 0.6) is 5.75 Å². The molecular weight excluding hydrogens is 524 g/mol. The van der Waals surface area contributed by atoms with E-state index in [-0.39, 0.29) is 17.5 Å². The molecular formula is C28H32N2O10. The normalized spacial score (nSPS) is 29.7. The molecule has 0 aromatic heterocycles. The first-order valence-corrected chi connectivity index (χ1v) is 12.3. The topological polar surface area (TPSA) is 219 Å². The van der Waals surface area contributed by atoms with Crippen LogP contribution in [-0.2, 0) is 24.8 Å². The van der Waals surface area contributed by atoms with Gasteiger partial charge in [0.15, 0.2) is 11.4 Å². The molecule has 1 amide bonds. The molecule has 1 saturated carbocycles. The zero-order valence-corrected chi connectivity index (χ0v) is 22.3. The van der Waals surface area contributed by atoms with Gasteiger partial charge in [-0.25, -0.2) is 4.79 Å². The van der Waals surface area contributed by atoms with Crippen LogP contribution in [0.1, 0.15) is 31.4 Å². The fourth-order valence-electron chi connectivity index (χ4n) is 5.75. The van der Waals surface area contributed by atoms with Gasteiger partial charge in [-0.05, 0) is 46.0 Å². The molecule has 4 rings (SSSR count). The van der Waals surface area contributed by atoms with Crippen LogP contribution in [0, 0.1) is 11.8 Å². The standard InChI is InChI=1S/C22H24N2O8.C6H8O2/c1-21(31)8-5-4-6-11(25)12(8)16(26)13-9(21)7-10-15(24(2)3)17(27)14(20(23)30)19(29)22(10,32)18(13)28;1-2-3-4-5-6(7)8/h4-6,9-10,15,25-26,29,31-32H,7H2,1-3H3,(H2,23,30);2-5H,1H3,(H,7,8)/b;3-2+,5-4+. The zero-order chi connectivity index (χ0) is 30.3. The van der Waals surface area contributed by atoms with Gasteiger partial charge in [0.05, 0.1) is 17.2 Å². The molecule has 1 aromatic carbocycles. The average Bonchev–Trinajstić information content (AvgIpc) is 2.84. The number of amides is 1. The highest BCUT2D eigenvalue weighted by molar-refractivity contribution is 6.24. The van der Waals surface area contributed by atoms with E-state index in [0.29, 0.717) is 0 Å². The highest BCUT2D eigenvalue weighted by atomic mass is 16.4. The molecule has 40 heavy (non-hydrogen) atoms. The summed E-state index contributed by atoms with van der Waals surface area (Å²) in [4.78, 5) is 49.7. The van der Waals surface area contributed by atoms with Crippen LogP contribution in [0.4, 0.5) is 0 Å². The van der Waals surface area contributed by atoms with Crippen molar-refractivity contribution in [2.75, 3.05) is 14.1 Å². The minimum atomic E-state index is -2.75. The molecule has 0 aliphatic heterocycles. The number of carboxylic acid groups (broad SMARTS) is 1. The van der Waals surface area contributed by atoms with Crippen LogP contribution >= 0.6 is 0 Å². The number of likely N-dealkylation sites (N-methyl/N-ethyl adjacent to an activating group) is 1. The van der Waals surface area contributed by atoms with Crippen LogP contribution in [0.2, 0.25) is 0 Å². The van der Waals surface area contributed by atoms with E-state index in [9.17, 15) is 44.7 Å². The van der Waals surface area contributed by atoms with Crippen molar-refractivity contribution in [2.24, 2.45) is 17.6 Å². The molecule has 1 fully saturated rings. The number of aliphatic carboxylic acids is 1. The van der Waals surface area contributed by atoms with Gasteiger partial charge in [0.2, 0.25) is 5.78 Å². The number of aliphatic hydroxyl groups excluding tert-OH is 2. The fraction of sp³-hybridized carbons (Fsp3) is 0.357. The predicted octanol–water partition coefficient (Wildman–Crippen LogP) is 0.832. The number of phenols is 1. The number of hydrogen-bond donors (Lipinski definition) is 7. The molecule has 214 valence electrons. The van der Waals surface area contributed by atoms with Crippen LogP contribution < -0.4 is 5.73 Å². The van der Waals surface area contributed by atoms with Gasteiger partial charge < -0.3 is 36.4 Å². The number of nitrogens with two attached hydrogens (primary N) is 1. The SMILES string of the molecule is C/C=C/C=C/C(=O)O.CN(C)C1C(=O)C(C(N)=O)=C(O)C2(O)C(=O)C3=C(O)c4c(O)cccc4C(C)(O)C3CC12. The number of phenolic OH excluding ortho intramolecular Hbond substituents is 1. The molecule has 5 atom stereocenters. The number of benzene rings is 1. The molecule has 1 aromatic rings. The van der Waals surface area contributed by atoms with Crippen molar-refractivity contribution in [1.29, 1.82) is 0 Å². The number of carbonyl (C=O) groups is 4. The number of fused-ring (bicyclic) bond motifs is 3. The predicted molar refractivity (Wildman–Crippen MR) is 142 cm³/mol. The summed E-state index contributed by atoms with van der Waals surface area (Å²) in [5.41, 5.74) is -0.548. The molecule has 5 unspecified atom stereocenters. The van der Waals surface area contributed by atoms with E-state index in [1.165, 1.54) is 50.2 Å². The Bertz CT molecular complexity index is 1400. The van der Waals surface area contributed by atoms with Crippen LogP contribution in [-0.4, -0.2) is 84.7 Å². The molecule has 8 N–H and O–H groups in total. The Morgan fingerprint density at radius 2 is 1.73 bits per heavy atom. The molecule has 0 heterocycles. The Labute approximate surface area is 229 Å². The summed E-state index contributed by atoms with van der Waals surface area (Å²) >= 11 is 0. The smallest absolute Gasteiger partial charge is 0.328 e. The zero-order valence-electron chi connectivity index (χ0n) is 22.3. The van der Waals surface area contributed by atoms with E-state index < -0.39 is 80.9 Å². The summed E-state index contributed by atoms with van der Waals surface area (Å²) in [5.74, 6) is -8.81. The number of rotatable bonds is 4. The minimum absolute atomic E-state index is 0.170. The maximum absolute atomic E-state index is 13.7. The van der Waals surface area contributed by atoms with Gasteiger partial charge in [0.25, 0.3) is 5.91 Å². The number of hydrogen-bond acceptors (Lipinski definition) is 10. The van der Waals surface area contributed by atoms with Crippen LogP contribution in [0.3, 0.4) is 0 Å². The third-order valence-electron chi connectivity index (χ3n) is 7.56. The largest absolute Gasteiger partial charge is 0.508 e. The Morgan fingerprint density at radius 3 is 2.25 bits per heavy atom. The van der Waals surface area contributed by atoms with Gasteiger partial charge in [0.1, 0.15) is 22.8 Å². The summed E-state index contributed by atoms with van der Waals surface area (Å²) in [6, 6.07) is 3.02. The maximum atomic E-state index is 13.7. The summed E-state index contributed by atoms with van der Waals surface area (Å²) in [6.45, 7) is 3.23. The Morgan fingerprint density at radius 1 is 1.10 bits per heavy atom. The fourth-order valence-corrected chi connectivity index (χ4v) is 5.75. The van der Waals surface area contributed by atoms with Crippen molar-refractivity contribution in [1.82, 2.24) is 4.90 Å². The van der Waals surface area contributed by atoms with Crippen LogP contribution in [0.15, 0.2) is 59.4 Å². The number of nitrogens with zero attached hydrogens (tertiary/aromatic N) is 1. The number of carboxylic acids is 1. The van der Waals surface area contributed by atoms with E-state index in [4.69, 9.17) is 10.8 Å². The van der Waals surface area contributed by atoms with E-state index >= 15 is 0 Å². The van der Waals surface area contributed by atoms with Gasteiger partial charge in [-0.3, -0.25) is 19.3 Å². The highest BCUT2D eigenvalue weighted by Gasteiger charge is 2.66. The van der Waals surface area contributed by atoms with Gasteiger partial charge in [-0.1, -0.05) is 30.4 Å². The first kappa shape index (κ1) is 30.3. The molecule has 3 aliphatic carbocycles. The summed E-state index contributed by atoms with van der Waals surface area (Å²) < 4.78 is 0. The first-order chi connectivity index (χ1) is 18.5. The molecule has 0 saturated heterocycles. The van der Waals surface area contributed by atoms with E-state index in [1.807, 2.05) is 6.92 Å². The maximum Gasteiger partial charge on any atom is 0.328 e. The van der Waals surface area contributed by atoms with Crippen molar-refractivity contribution in [3.63, 3.8) is 0 Å². The van der Waals surface area contributed by atoms with Crippen LogP contribution in [0.25, 0.3) is 5.76 Å². The third kappa shape index (κ3) is 4.59. The number of aromatic hydroxyl groups is 1. The Kier molecular flexibility index (Phi) is 8.12. The molecule has 0 spiro atoms.